The standard InChI is InChI=1S/C17H24N2O2/c1-18-11-3-5-15(18)16-6-4-12-19(16)17(20)13-7-9-14(21-2)10-8-13/h7-10,15-16H,3-6,11-12H2,1-2H3/t15-,16+/m0/s1. The van der Waals surface area contributed by atoms with E-state index in [1.165, 1.54) is 12.8 Å². The number of carbonyl (C=O) groups is 1. The number of amides is 1. The summed E-state index contributed by atoms with van der Waals surface area (Å²) >= 11 is 0. The van der Waals surface area contributed by atoms with Crippen LogP contribution in [0.5, 0.6) is 5.75 Å². The zero-order valence-corrected chi connectivity index (χ0v) is 12.9. The fourth-order valence-corrected chi connectivity index (χ4v) is 3.77. The lowest BCUT2D eigenvalue weighted by Gasteiger charge is -2.33. The van der Waals surface area contributed by atoms with E-state index in [4.69, 9.17) is 4.74 Å². The molecule has 0 aliphatic carbocycles. The Morgan fingerprint density at radius 1 is 1.10 bits per heavy atom. The highest BCUT2D eigenvalue weighted by Crippen LogP contribution is 2.30. The molecule has 2 aliphatic rings. The number of hydrogen-bond donors (Lipinski definition) is 0. The van der Waals surface area contributed by atoms with Crippen LogP contribution in [0.4, 0.5) is 0 Å². The number of nitrogens with zero attached hydrogens (tertiary/aromatic N) is 2. The monoisotopic (exact) mass is 288 g/mol. The molecule has 2 fully saturated rings. The van der Waals surface area contributed by atoms with E-state index in [1.807, 2.05) is 24.3 Å². The Kier molecular flexibility index (Phi) is 4.15. The Morgan fingerprint density at radius 2 is 1.76 bits per heavy atom. The molecule has 4 nitrogen and oxygen atoms in total. The Labute approximate surface area is 126 Å². The van der Waals surface area contributed by atoms with E-state index in [1.54, 1.807) is 7.11 Å². The summed E-state index contributed by atoms with van der Waals surface area (Å²) in [5.74, 6) is 0.959. The van der Waals surface area contributed by atoms with Gasteiger partial charge in [-0.3, -0.25) is 4.79 Å². The summed E-state index contributed by atoms with van der Waals surface area (Å²) < 4.78 is 5.16. The van der Waals surface area contributed by atoms with Crippen LogP contribution < -0.4 is 4.74 Å². The van der Waals surface area contributed by atoms with Gasteiger partial charge in [-0.1, -0.05) is 0 Å². The van der Waals surface area contributed by atoms with Gasteiger partial charge in [0, 0.05) is 24.2 Å². The number of hydrogen-bond acceptors (Lipinski definition) is 3. The minimum absolute atomic E-state index is 0.167. The molecule has 0 bridgehead atoms. The van der Waals surface area contributed by atoms with Crippen molar-refractivity contribution in [2.45, 2.75) is 37.8 Å². The third-order valence-electron chi connectivity index (χ3n) is 4.92. The van der Waals surface area contributed by atoms with E-state index in [2.05, 4.69) is 16.8 Å². The summed E-state index contributed by atoms with van der Waals surface area (Å²) in [6, 6.07) is 8.38. The lowest BCUT2D eigenvalue weighted by molar-refractivity contribution is 0.0664. The van der Waals surface area contributed by atoms with Gasteiger partial charge in [-0.2, -0.15) is 0 Å². The number of carbonyl (C=O) groups excluding carboxylic acids is 1. The maximum absolute atomic E-state index is 12.8. The van der Waals surface area contributed by atoms with Crippen LogP contribution >= 0.6 is 0 Å². The number of benzene rings is 1. The topological polar surface area (TPSA) is 32.8 Å². The van der Waals surface area contributed by atoms with Crippen molar-refractivity contribution in [1.29, 1.82) is 0 Å². The second-order valence-corrected chi connectivity index (χ2v) is 6.13. The van der Waals surface area contributed by atoms with Crippen molar-refractivity contribution in [3.63, 3.8) is 0 Å². The van der Waals surface area contributed by atoms with Crippen molar-refractivity contribution in [2.75, 3.05) is 27.2 Å². The van der Waals surface area contributed by atoms with E-state index < -0.39 is 0 Å². The molecule has 0 aromatic heterocycles. The van der Waals surface area contributed by atoms with Crippen LogP contribution in [0.2, 0.25) is 0 Å². The fraction of sp³-hybridized carbons (Fsp3) is 0.588. The normalized spacial score (nSPS) is 26.3. The van der Waals surface area contributed by atoms with Crippen molar-refractivity contribution >= 4 is 5.91 Å². The van der Waals surface area contributed by atoms with Crippen LogP contribution in [0.25, 0.3) is 0 Å². The Balaban J connectivity index is 1.76. The Hall–Kier alpha value is -1.55. The number of ether oxygens (including phenoxy) is 1. The molecule has 1 aromatic rings. The van der Waals surface area contributed by atoms with E-state index in [-0.39, 0.29) is 5.91 Å². The van der Waals surface area contributed by atoms with Crippen LogP contribution in [-0.2, 0) is 0 Å². The number of rotatable bonds is 3. The molecule has 2 saturated heterocycles. The molecule has 114 valence electrons. The first-order valence-corrected chi connectivity index (χ1v) is 7.86. The van der Waals surface area contributed by atoms with Gasteiger partial charge in [0.2, 0.25) is 0 Å². The molecule has 0 saturated carbocycles. The maximum Gasteiger partial charge on any atom is 0.254 e. The third-order valence-corrected chi connectivity index (χ3v) is 4.92. The molecule has 1 amide bonds. The first-order valence-electron chi connectivity index (χ1n) is 7.86. The molecule has 21 heavy (non-hydrogen) atoms. The first-order chi connectivity index (χ1) is 10.2. The molecule has 0 spiro atoms. The van der Waals surface area contributed by atoms with Gasteiger partial charge in [-0.15, -0.1) is 0 Å². The molecule has 1 aromatic carbocycles. The van der Waals surface area contributed by atoms with Crippen LogP contribution in [-0.4, -0.2) is 55.0 Å². The van der Waals surface area contributed by atoms with Gasteiger partial charge in [0.05, 0.1) is 7.11 Å². The smallest absolute Gasteiger partial charge is 0.254 e. The third kappa shape index (κ3) is 2.77. The van der Waals surface area contributed by atoms with Gasteiger partial charge in [-0.25, -0.2) is 0 Å². The summed E-state index contributed by atoms with van der Waals surface area (Å²) in [6.45, 7) is 2.05. The summed E-state index contributed by atoms with van der Waals surface area (Å²) in [5, 5.41) is 0. The number of likely N-dealkylation sites (tertiary alicyclic amines) is 2. The zero-order valence-electron chi connectivity index (χ0n) is 12.9. The molecular weight excluding hydrogens is 264 g/mol. The quantitative estimate of drug-likeness (QED) is 0.856. The predicted molar refractivity (Wildman–Crippen MR) is 82.7 cm³/mol. The van der Waals surface area contributed by atoms with E-state index in [0.29, 0.717) is 12.1 Å². The highest BCUT2D eigenvalue weighted by Gasteiger charge is 2.38. The van der Waals surface area contributed by atoms with Crippen molar-refractivity contribution in [1.82, 2.24) is 9.80 Å². The number of likely N-dealkylation sites (N-methyl/N-ethyl adjacent to an activating group) is 1. The molecule has 0 radical (unpaired) electrons. The van der Waals surface area contributed by atoms with Crippen LogP contribution in [0.3, 0.4) is 0 Å². The summed E-state index contributed by atoms with van der Waals surface area (Å²) in [6.07, 6.45) is 4.73. The molecule has 4 heteroatoms. The van der Waals surface area contributed by atoms with Crippen LogP contribution in [0, 0.1) is 0 Å². The molecule has 0 unspecified atom stereocenters. The first kappa shape index (κ1) is 14.4. The second kappa shape index (κ2) is 6.06. The van der Waals surface area contributed by atoms with Gasteiger partial charge < -0.3 is 14.5 Å². The lowest BCUT2D eigenvalue weighted by atomic mass is 10.0. The molecule has 2 atom stereocenters. The average Bonchev–Trinajstić information content (AvgIpc) is 3.14. The zero-order chi connectivity index (χ0) is 14.8. The largest absolute Gasteiger partial charge is 0.497 e. The summed E-state index contributed by atoms with van der Waals surface area (Å²) in [7, 11) is 3.83. The van der Waals surface area contributed by atoms with Gasteiger partial charge in [0.1, 0.15) is 5.75 Å². The van der Waals surface area contributed by atoms with Gasteiger partial charge >= 0.3 is 0 Å². The molecule has 2 heterocycles. The molecule has 2 aliphatic heterocycles. The maximum atomic E-state index is 12.8. The summed E-state index contributed by atoms with van der Waals surface area (Å²) in [5.41, 5.74) is 0.767. The molecular formula is C17H24N2O2. The van der Waals surface area contributed by atoms with Gasteiger partial charge in [0.15, 0.2) is 0 Å². The van der Waals surface area contributed by atoms with E-state index in [0.717, 1.165) is 37.2 Å². The van der Waals surface area contributed by atoms with Crippen molar-refractivity contribution in [3.8, 4) is 5.75 Å². The van der Waals surface area contributed by atoms with Crippen molar-refractivity contribution in [2.24, 2.45) is 0 Å². The lowest BCUT2D eigenvalue weighted by Crippen LogP contribution is -2.47. The number of methoxy groups -OCH3 is 1. The minimum Gasteiger partial charge on any atom is -0.497 e. The highest BCUT2D eigenvalue weighted by atomic mass is 16.5. The van der Waals surface area contributed by atoms with Crippen LogP contribution in [0.1, 0.15) is 36.0 Å². The SMILES string of the molecule is COc1ccc(C(=O)N2CCC[C@@H]2[C@@H]2CCCN2C)cc1. The van der Waals surface area contributed by atoms with Gasteiger partial charge in [0.25, 0.3) is 5.91 Å². The van der Waals surface area contributed by atoms with E-state index >= 15 is 0 Å². The molecule has 3 rings (SSSR count). The summed E-state index contributed by atoms with van der Waals surface area (Å²) in [4.78, 5) is 17.3. The van der Waals surface area contributed by atoms with Gasteiger partial charge in [-0.05, 0) is 63.5 Å². The Morgan fingerprint density at radius 3 is 2.38 bits per heavy atom. The molecule has 0 N–H and O–H groups in total. The second-order valence-electron chi connectivity index (χ2n) is 6.13. The fourth-order valence-electron chi connectivity index (χ4n) is 3.77. The minimum atomic E-state index is 0.167. The Bertz CT molecular complexity index is 500. The van der Waals surface area contributed by atoms with E-state index in [9.17, 15) is 4.79 Å². The van der Waals surface area contributed by atoms with Crippen molar-refractivity contribution in [3.05, 3.63) is 29.8 Å². The predicted octanol–water partition coefficient (Wildman–Crippen LogP) is 2.39. The average molecular weight is 288 g/mol. The van der Waals surface area contributed by atoms with Crippen LogP contribution in [0.15, 0.2) is 24.3 Å². The highest BCUT2D eigenvalue weighted by molar-refractivity contribution is 5.94. The van der Waals surface area contributed by atoms with Crippen molar-refractivity contribution < 1.29 is 9.53 Å².